The fraction of sp³-hybridized carbons (Fsp3) is 0.538. The lowest BCUT2D eigenvalue weighted by Crippen LogP contribution is -2.31. The summed E-state index contributed by atoms with van der Waals surface area (Å²) in [6.45, 7) is 5.48. The molecular weight excluding hydrogens is 280 g/mol. The van der Waals surface area contributed by atoms with Gasteiger partial charge in [0.15, 0.2) is 0 Å². The zero-order chi connectivity index (χ0) is 12.5. The molecule has 1 unspecified atom stereocenters. The molecule has 0 radical (unpaired) electrons. The smallest absolute Gasteiger partial charge is 0.133 e. The first-order valence-corrected chi connectivity index (χ1v) is 6.64. The zero-order valence-corrected chi connectivity index (χ0v) is 12.1. The molecule has 2 N–H and O–H groups in total. The average Bonchev–Trinajstić information content (AvgIpc) is 2.58. The van der Waals surface area contributed by atoms with E-state index in [0.717, 1.165) is 28.9 Å². The molecule has 0 saturated carbocycles. The summed E-state index contributed by atoms with van der Waals surface area (Å²) in [7, 11) is 1.68. The monoisotopic (exact) mass is 298 g/mol. The first kappa shape index (κ1) is 12.7. The fourth-order valence-electron chi connectivity index (χ4n) is 2.25. The highest BCUT2D eigenvalue weighted by atomic mass is 79.9. The van der Waals surface area contributed by atoms with Crippen molar-refractivity contribution in [1.82, 2.24) is 5.32 Å². The fourth-order valence-corrected chi connectivity index (χ4v) is 2.79. The lowest BCUT2D eigenvalue weighted by Gasteiger charge is -2.18. The zero-order valence-electron chi connectivity index (χ0n) is 10.5. The van der Waals surface area contributed by atoms with Crippen LogP contribution in [0.5, 0.6) is 5.75 Å². The van der Waals surface area contributed by atoms with Crippen molar-refractivity contribution in [1.29, 1.82) is 0 Å². The number of rotatable bonds is 3. The molecular formula is C13H19BrN2O. The van der Waals surface area contributed by atoms with E-state index in [2.05, 4.69) is 52.5 Å². The summed E-state index contributed by atoms with van der Waals surface area (Å²) in [5, 5.41) is 7.04. The molecule has 1 aromatic carbocycles. The standard InChI is InChI=1S/C13H19BrN2O/c1-13(2)7-10(8-15-13)16-9-4-5-12(17-3)11(14)6-9/h4-6,10,15-16H,7-8H2,1-3H3. The largest absolute Gasteiger partial charge is 0.496 e. The molecule has 1 aliphatic rings. The molecule has 1 aromatic rings. The van der Waals surface area contributed by atoms with Gasteiger partial charge in [0.25, 0.3) is 0 Å². The predicted octanol–water partition coefficient (Wildman–Crippen LogP) is 3.01. The van der Waals surface area contributed by atoms with Crippen LogP contribution in [-0.2, 0) is 0 Å². The van der Waals surface area contributed by atoms with E-state index >= 15 is 0 Å². The van der Waals surface area contributed by atoms with Crippen LogP contribution in [0.1, 0.15) is 20.3 Å². The molecule has 1 aliphatic heterocycles. The Kier molecular flexibility index (Phi) is 3.64. The highest BCUT2D eigenvalue weighted by molar-refractivity contribution is 9.10. The SMILES string of the molecule is COc1ccc(NC2CNC(C)(C)C2)cc1Br. The molecule has 0 spiro atoms. The number of nitrogens with one attached hydrogen (secondary N) is 2. The molecule has 0 bridgehead atoms. The third kappa shape index (κ3) is 3.13. The van der Waals surface area contributed by atoms with Gasteiger partial charge in [-0.15, -0.1) is 0 Å². The molecule has 1 heterocycles. The van der Waals surface area contributed by atoms with Gasteiger partial charge in [0.1, 0.15) is 5.75 Å². The molecule has 4 heteroatoms. The van der Waals surface area contributed by atoms with Crippen LogP contribution in [0.4, 0.5) is 5.69 Å². The summed E-state index contributed by atoms with van der Waals surface area (Å²) in [5.74, 6) is 0.862. The van der Waals surface area contributed by atoms with E-state index in [1.807, 2.05) is 6.07 Å². The lowest BCUT2D eigenvalue weighted by atomic mass is 10.0. The summed E-state index contributed by atoms with van der Waals surface area (Å²) in [6, 6.07) is 6.57. The minimum Gasteiger partial charge on any atom is -0.496 e. The average molecular weight is 299 g/mol. The van der Waals surface area contributed by atoms with Crippen LogP contribution in [0.3, 0.4) is 0 Å². The van der Waals surface area contributed by atoms with Crippen LogP contribution in [0, 0.1) is 0 Å². The highest BCUT2D eigenvalue weighted by Gasteiger charge is 2.29. The van der Waals surface area contributed by atoms with Crippen LogP contribution in [0.2, 0.25) is 0 Å². The van der Waals surface area contributed by atoms with E-state index < -0.39 is 0 Å². The number of hydrogen-bond donors (Lipinski definition) is 2. The van der Waals surface area contributed by atoms with Gasteiger partial charge < -0.3 is 15.4 Å². The number of methoxy groups -OCH3 is 1. The number of benzene rings is 1. The van der Waals surface area contributed by atoms with E-state index in [0.29, 0.717) is 6.04 Å². The van der Waals surface area contributed by atoms with E-state index in [1.165, 1.54) is 0 Å². The van der Waals surface area contributed by atoms with Crippen molar-refractivity contribution in [3.63, 3.8) is 0 Å². The van der Waals surface area contributed by atoms with Crippen LogP contribution >= 0.6 is 15.9 Å². The van der Waals surface area contributed by atoms with Gasteiger partial charge >= 0.3 is 0 Å². The van der Waals surface area contributed by atoms with Gasteiger partial charge in [-0.25, -0.2) is 0 Å². The molecule has 0 amide bonds. The Balaban J connectivity index is 2.02. The van der Waals surface area contributed by atoms with E-state index in [1.54, 1.807) is 7.11 Å². The van der Waals surface area contributed by atoms with Crippen molar-refractivity contribution >= 4 is 21.6 Å². The lowest BCUT2D eigenvalue weighted by molar-refractivity contribution is 0.412. The Morgan fingerprint density at radius 2 is 2.24 bits per heavy atom. The van der Waals surface area contributed by atoms with Gasteiger partial charge in [0.05, 0.1) is 11.6 Å². The normalized spacial score (nSPS) is 22.5. The van der Waals surface area contributed by atoms with Gasteiger partial charge in [-0.05, 0) is 54.4 Å². The maximum absolute atomic E-state index is 5.22. The Labute approximate surface area is 111 Å². The summed E-state index contributed by atoms with van der Waals surface area (Å²) in [4.78, 5) is 0. The third-order valence-electron chi connectivity index (χ3n) is 3.11. The molecule has 0 aliphatic carbocycles. The van der Waals surface area contributed by atoms with Crippen molar-refractivity contribution < 1.29 is 4.74 Å². The first-order valence-electron chi connectivity index (χ1n) is 5.85. The summed E-state index contributed by atoms with van der Waals surface area (Å²) < 4.78 is 6.20. The van der Waals surface area contributed by atoms with Crippen molar-refractivity contribution in [3.8, 4) is 5.75 Å². The van der Waals surface area contributed by atoms with Gasteiger partial charge in [0.2, 0.25) is 0 Å². The molecule has 1 fully saturated rings. The Morgan fingerprint density at radius 1 is 1.47 bits per heavy atom. The van der Waals surface area contributed by atoms with Crippen LogP contribution in [0.25, 0.3) is 0 Å². The van der Waals surface area contributed by atoms with E-state index in [-0.39, 0.29) is 5.54 Å². The van der Waals surface area contributed by atoms with Crippen molar-refractivity contribution in [3.05, 3.63) is 22.7 Å². The quantitative estimate of drug-likeness (QED) is 0.900. The second-order valence-electron chi connectivity index (χ2n) is 5.16. The van der Waals surface area contributed by atoms with Crippen LogP contribution < -0.4 is 15.4 Å². The molecule has 1 atom stereocenters. The predicted molar refractivity (Wildman–Crippen MR) is 74.8 cm³/mol. The first-order chi connectivity index (χ1) is 8.00. The van der Waals surface area contributed by atoms with Crippen LogP contribution in [0.15, 0.2) is 22.7 Å². The van der Waals surface area contributed by atoms with Gasteiger partial charge in [-0.1, -0.05) is 0 Å². The third-order valence-corrected chi connectivity index (χ3v) is 3.73. The second-order valence-corrected chi connectivity index (χ2v) is 6.01. The Bertz CT molecular complexity index is 406. The van der Waals surface area contributed by atoms with E-state index in [4.69, 9.17) is 4.74 Å². The van der Waals surface area contributed by atoms with Gasteiger partial charge in [0, 0.05) is 23.8 Å². The minimum atomic E-state index is 0.237. The van der Waals surface area contributed by atoms with E-state index in [9.17, 15) is 0 Å². The number of anilines is 1. The molecule has 0 aromatic heterocycles. The van der Waals surface area contributed by atoms with Crippen molar-refractivity contribution in [2.75, 3.05) is 19.0 Å². The minimum absolute atomic E-state index is 0.237. The van der Waals surface area contributed by atoms with Gasteiger partial charge in [-0.2, -0.15) is 0 Å². The molecule has 2 rings (SSSR count). The maximum atomic E-state index is 5.22. The maximum Gasteiger partial charge on any atom is 0.133 e. The van der Waals surface area contributed by atoms with Crippen molar-refractivity contribution in [2.45, 2.75) is 31.8 Å². The number of hydrogen-bond acceptors (Lipinski definition) is 3. The van der Waals surface area contributed by atoms with Gasteiger partial charge in [-0.3, -0.25) is 0 Å². The number of ether oxygens (including phenoxy) is 1. The topological polar surface area (TPSA) is 33.3 Å². The second kappa shape index (κ2) is 4.86. The Morgan fingerprint density at radius 3 is 2.76 bits per heavy atom. The molecule has 94 valence electrons. The summed E-state index contributed by atoms with van der Waals surface area (Å²) >= 11 is 3.50. The summed E-state index contributed by atoms with van der Waals surface area (Å²) in [5.41, 5.74) is 1.36. The van der Waals surface area contributed by atoms with Crippen molar-refractivity contribution in [2.24, 2.45) is 0 Å². The summed E-state index contributed by atoms with van der Waals surface area (Å²) in [6.07, 6.45) is 1.14. The highest BCUT2D eigenvalue weighted by Crippen LogP contribution is 2.29. The molecule has 17 heavy (non-hydrogen) atoms. The Hall–Kier alpha value is -0.740. The van der Waals surface area contributed by atoms with Crippen LogP contribution in [-0.4, -0.2) is 25.2 Å². The molecule has 3 nitrogen and oxygen atoms in total. The number of halogens is 1. The molecule has 1 saturated heterocycles.